The van der Waals surface area contributed by atoms with E-state index in [9.17, 15) is 8.42 Å². The van der Waals surface area contributed by atoms with Crippen LogP contribution in [0.2, 0.25) is 0 Å². The second kappa shape index (κ2) is 6.11. The normalized spacial score (nSPS) is 18.1. The molecule has 1 aromatic rings. The maximum atomic E-state index is 11.8. The second-order valence-electron chi connectivity index (χ2n) is 5.33. The van der Waals surface area contributed by atoms with E-state index < -0.39 is 10.0 Å². The lowest BCUT2D eigenvalue weighted by atomic mass is 10.0. The Morgan fingerprint density at radius 1 is 1.25 bits per heavy atom. The second-order valence-corrected chi connectivity index (χ2v) is 7.10. The van der Waals surface area contributed by atoms with Gasteiger partial charge in [0.2, 0.25) is 10.0 Å². The summed E-state index contributed by atoms with van der Waals surface area (Å²) in [6.07, 6.45) is 4.28. The predicted molar refractivity (Wildman–Crippen MR) is 78.2 cm³/mol. The van der Waals surface area contributed by atoms with Gasteiger partial charge in [0.05, 0.1) is 10.4 Å². The van der Waals surface area contributed by atoms with Crippen LogP contribution < -0.4 is 15.2 Å². The Balaban J connectivity index is 1.98. The molecule has 6 heteroatoms. The quantitative estimate of drug-likeness (QED) is 0.836. The van der Waals surface area contributed by atoms with Gasteiger partial charge in [0, 0.05) is 6.54 Å². The highest BCUT2D eigenvalue weighted by atomic mass is 32.2. The highest BCUT2D eigenvalue weighted by Gasteiger charge is 2.30. The lowest BCUT2D eigenvalue weighted by molar-refractivity contribution is 0.220. The number of hydrogen-bond donors (Lipinski definition) is 2. The number of ether oxygens (including phenoxy) is 1. The van der Waals surface area contributed by atoms with Gasteiger partial charge in [-0.1, -0.05) is 19.8 Å². The standard InChI is InChI=1S/C14H22N2O3S/c1-2-16-20(17,18)13-7-5-12(6-8-13)19-11-14(15)9-3-4-10-14/h5-8,16H,2-4,9-11,15H2,1H3. The molecule has 2 rings (SSSR count). The molecule has 1 aromatic carbocycles. The Hall–Kier alpha value is -1.11. The van der Waals surface area contributed by atoms with Crippen molar-refractivity contribution in [1.82, 2.24) is 4.72 Å². The van der Waals surface area contributed by atoms with E-state index in [4.69, 9.17) is 10.5 Å². The molecule has 0 radical (unpaired) electrons. The van der Waals surface area contributed by atoms with Gasteiger partial charge < -0.3 is 10.5 Å². The van der Waals surface area contributed by atoms with Crippen molar-refractivity contribution in [2.45, 2.75) is 43.0 Å². The molecule has 0 amide bonds. The summed E-state index contributed by atoms with van der Waals surface area (Å²) in [5.74, 6) is 0.650. The van der Waals surface area contributed by atoms with Crippen molar-refractivity contribution in [1.29, 1.82) is 0 Å². The topological polar surface area (TPSA) is 81.4 Å². The first-order chi connectivity index (χ1) is 9.45. The fraction of sp³-hybridized carbons (Fsp3) is 0.571. The van der Waals surface area contributed by atoms with Crippen LogP contribution in [0.1, 0.15) is 32.6 Å². The van der Waals surface area contributed by atoms with E-state index in [-0.39, 0.29) is 10.4 Å². The molecular weight excluding hydrogens is 276 g/mol. The maximum Gasteiger partial charge on any atom is 0.240 e. The fourth-order valence-corrected chi connectivity index (χ4v) is 3.48. The molecule has 1 aliphatic carbocycles. The van der Waals surface area contributed by atoms with Crippen LogP contribution in [0.5, 0.6) is 5.75 Å². The summed E-state index contributed by atoms with van der Waals surface area (Å²) in [6.45, 7) is 2.60. The zero-order valence-corrected chi connectivity index (χ0v) is 12.6. The molecule has 112 valence electrons. The van der Waals surface area contributed by atoms with Crippen LogP contribution in [-0.2, 0) is 10.0 Å². The molecule has 0 aromatic heterocycles. The van der Waals surface area contributed by atoms with Gasteiger partial charge >= 0.3 is 0 Å². The zero-order valence-electron chi connectivity index (χ0n) is 11.8. The monoisotopic (exact) mass is 298 g/mol. The van der Waals surface area contributed by atoms with E-state index in [2.05, 4.69) is 4.72 Å². The molecule has 0 aliphatic heterocycles. The van der Waals surface area contributed by atoms with E-state index in [0.717, 1.165) is 25.7 Å². The van der Waals surface area contributed by atoms with Crippen molar-refractivity contribution in [3.63, 3.8) is 0 Å². The van der Waals surface area contributed by atoms with E-state index in [1.54, 1.807) is 31.2 Å². The highest BCUT2D eigenvalue weighted by Crippen LogP contribution is 2.28. The van der Waals surface area contributed by atoms with E-state index in [1.165, 1.54) is 0 Å². The van der Waals surface area contributed by atoms with Crippen LogP contribution in [-0.4, -0.2) is 27.1 Å². The van der Waals surface area contributed by atoms with Crippen molar-refractivity contribution in [2.24, 2.45) is 5.73 Å². The molecule has 1 fully saturated rings. The highest BCUT2D eigenvalue weighted by molar-refractivity contribution is 7.89. The van der Waals surface area contributed by atoms with Gasteiger partial charge in [0.25, 0.3) is 0 Å². The summed E-state index contributed by atoms with van der Waals surface area (Å²) in [6, 6.07) is 6.43. The third-order valence-corrected chi connectivity index (χ3v) is 5.16. The van der Waals surface area contributed by atoms with E-state index in [0.29, 0.717) is 18.9 Å². The van der Waals surface area contributed by atoms with Crippen molar-refractivity contribution < 1.29 is 13.2 Å². The summed E-state index contributed by atoms with van der Waals surface area (Å²) in [5.41, 5.74) is 5.99. The average Bonchev–Trinajstić information content (AvgIpc) is 2.84. The molecule has 0 unspecified atom stereocenters. The Kier molecular flexibility index (Phi) is 4.67. The molecule has 0 atom stereocenters. The maximum absolute atomic E-state index is 11.8. The molecule has 0 saturated heterocycles. The molecule has 1 saturated carbocycles. The lowest BCUT2D eigenvalue weighted by Crippen LogP contribution is -2.42. The Morgan fingerprint density at radius 2 is 1.85 bits per heavy atom. The smallest absolute Gasteiger partial charge is 0.240 e. The largest absolute Gasteiger partial charge is 0.492 e. The van der Waals surface area contributed by atoms with Crippen LogP contribution in [0, 0.1) is 0 Å². The number of sulfonamides is 1. The van der Waals surface area contributed by atoms with Crippen molar-refractivity contribution in [2.75, 3.05) is 13.2 Å². The zero-order chi connectivity index (χ0) is 14.6. The Labute approximate surface area is 120 Å². The SMILES string of the molecule is CCNS(=O)(=O)c1ccc(OCC2(N)CCCC2)cc1. The summed E-state index contributed by atoms with van der Waals surface area (Å²) >= 11 is 0. The molecule has 0 spiro atoms. The first-order valence-corrected chi connectivity index (χ1v) is 8.45. The van der Waals surface area contributed by atoms with Gasteiger partial charge in [-0.3, -0.25) is 0 Å². The first kappa shape index (κ1) is 15.3. The van der Waals surface area contributed by atoms with Gasteiger partial charge in [-0.25, -0.2) is 13.1 Å². The summed E-state index contributed by atoms with van der Waals surface area (Å²) in [4.78, 5) is 0.245. The van der Waals surface area contributed by atoms with E-state index >= 15 is 0 Å². The molecule has 3 N–H and O–H groups in total. The van der Waals surface area contributed by atoms with Gasteiger partial charge in [-0.2, -0.15) is 0 Å². The van der Waals surface area contributed by atoms with Crippen LogP contribution in [0.15, 0.2) is 29.2 Å². The fourth-order valence-electron chi connectivity index (χ4n) is 2.44. The minimum Gasteiger partial charge on any atom is -0.492 e. The summed E-state index contributed by atoms with van der Waals surface area (Å²) in [5, 5.41) is 0. The van der Waals surface area contributed by atoms with E-state index in [1.807, 2.05) is 0 Å². The average molecular weight is 298 g/mol. The van der Waals surface area contributed by atoms with Gasteiger partial charge in [0.15, 0.2) is 0 Å². The summed E-state index contributed by atoms with van der Waals surface area (Å²) in [7, 11) is -3.40. The molecule has 0 bridgehead atoms. The molecule has 1 aliphatic rings. The van der Waals surface area contributed by atoms with Gasteiger partial charge in [0.1, 0.15) is 12.4 Å². The third kappa shape index (κ3) is 3.71. The molecular formula is C14H22N2O3S. The number of benzene rings is 1. The Morgan fingerprint density at radius 3 is 2.40 bits per heavy atom. The first-order valence-electron chi connectivity index (χ1n) is 6.97. The van der Waals surface area contributed by atoms with Crippen molar-refractivity contribution >= 4 is 10.0 Å². The van der Waals surface area contributed by atoms with Crippen LogP contribution in [0.25, 0.3) is 0 Å². The minimum atomic E-state index is -3.40. The molecule has 20 heavy (non-hydrogen) atoms. The van der Waals surface area contributed by atoms with Crippen molar-refractivity contribution in [3.8, 4) is 5.75 Å². The number of nitrogens with two attached hydrogens (primary N) is 1. The van der Waals surface area contributed by atoms with Crippen LogP contribution in [0.3, 0.4) is 0 Å². The summed E-state index contributed by atoms with van der Waals surface area (Å²) < 4.78 is 31.7. The van der Waals surface area contributed by atoms with Gasteiger partial charge in [-0.15, -0.1) is 0 Å². The number of rotatable bonds is 6. The van der Waals surface area contributed by atoms with Crippen molar-refractivity contribution in [3.05, 3.63) is 24.3 Å². The molecule has 5 nitrogen and oxygen atoms in total. The Bertz CT molecular complexity index is 534. The number of nitrogens with one attached hydrogen (secondary N) is 1. The van der Waals surface area contributed by atoms with Crippen LogP contribution >= 0.6 is 0 Å². The lowest BCUT2D eigenvalue weighted by Gasteiger charge is -2.23. The van der Waals surface area contributed by atoms with Crippen LogP contribution in [0.4, 0.5) is 0 Å². The molecule has 0 heterocycles. The predicted octanol–water partition coefficient (Wildman–Crippen LogP) is 1.64. The van der Waals surface area contributed by atoms with Gasteiger partial charge in [-0.05, 0) is 37.1 Å². The minimum absolute atomic E-state index is 0.228. The third-order valence-electron chi connectivity index (χ3n) is 3.59. The number of hydrogen-bond acceptors (Lipinski definition) is 4.